The molecule has 5 aromatic rings. The summed E-state index contributed by atoms with van der Waals surface area (Å²) in [5, 5.41) is 8.51. The predicted octanol–water partition coefficient (Wildman–Crippen LogP) is 6.15. The number of urea groups is 1. The van der Waals surface area contributed by atoms with Gasteiger partial charge in [0.15, 0.2) is 16.5 Å². The summed E-state index contributed by atoms with van der Waals surface area (Å²) in [6.45, 7) is -13.0. The van der Waals surface area contributed by atoms with E-state index in [0.717, 1.165) is 21.8 Å². The first kappa shape index (κ1) is 19.9. The number of carbonyl (C=O) groups excluding carboxylic acids is 1. The lowest BCUT2D eigenvalue weighted by Crippen LogP contribution is -2.38. The van der Waals surface area contributed by atoms with E-state index in [-0.39, 0.29) is 31.0 Å². The first-order valence-electron chi connectivity index (χ1n) is 17.0. The van der Waals surface area contributed by atoms with E-state index in [1.165, 1.54) is 11.3 Å². The highest BCUT2D eigenvalue weighted by Gasteiger charge is 2.66. The summed E-state index contributed by atoms with van der Waals surface area (Å²) >= 11 is 1.36. The molecule has 14 heteroatoms. The van der Waals surface area contributed by atoms with Crippen LogP contribution in [-0.4, -0.2) is 70.9 Å². The van der Waals surface area contributed by atoms with Crippen molar-refractivity contribution >= 4 is 44.1 Å². The molecule has 2 aliphatic rings. The molecule has 3 aromatic heterocycles. The number of nitrogens with zero attached hydrogens (tertiary/aromatic N) is 4. The molecule has 2 amide bonds. The number of hydrogen-bond acceptors (Lipinski definition) is 8. The molecule has 0 spiro atoms. The van der Waals surface area contributed by atoms with Gasteiger partial charge in [-0.1, -0.05) is 28.6 Å². The lowest BCUT2D eigenvalue weighted by molar-refractivity contribution is -0.165. The molecule has 4 heterocycles. The lowest BCUT2D eigenvalue weighted by Gasteiger charge is -2.26. The number of carbonyl (C=O) groups is 1. The van der Waals surface area contributed by atoms with Crippen molar-refractivity contribution in [3.05, 3.63) is 60.5 Å². The minimum Gasteiger partial charge on any atom is -0.492 e. The first-order valence-corrected chi connectivity index (χ1v) is 13.8. The highest BCUT2D eigenvalue weighted by molar-refractivity contribution is 7.23. The van der Waals surface area contributed by atoms with E-state index in [1.54, 1.807) is 42.5 Å². The number of nitrogens with one attached hydrogen (secondary N) is 2. The fraction of sp³-hybridized carbons (Fsp3) is 0.345. The largest absolute Gasteiger partial charge is 0.492 e. The van der Waals surface area contributed by atoms with Crippen LogP contribution in [0, 0.1) is 0 Å². The average Bonchev–Trinajstić information content (AvgIpc) is 3.38. The topological polar surface area (TPSA) is 106 Å². The van der Waals surface area contributed by atoms with E-state index >= 15 is 0 Å². The highest BCUT2D eigenvalue weighted by Crippen LogP contribution is 2.59. The Morgan fingerprint density at radius 3 is 2.65 bits per heavy atom. The quantitative estimate of drug-likeness (QED) is 0.214. The van der Waals surface area contributed by atoms with Gasteiger partial charge in [0.1, 0.15) is 17.8 Å². The summed E-state index contributed by atoms with van der Waals surface area (Å²) in [6, 6.07) is 12.3. The van der Waals surface area contributed by atoms with E-state index in [4.69, 9.17) is 25.2 Å². The van der Waals surface area contributed by atoms with Crippen molar-refractivity contribution in [2.45, 2.75) is 24.4 Å². The van der Waals surface area contributed by atoms with Crippen LogP contribution in [0.25, 0.3) is 26.4 Å². The number of hydrogen-bond donors (Lipinski definition) is 2. The van der Waals surface area contributed by atoms with E-state index in [1.807, 2.05) is 10.6 Å². The fourth-order valence-electron chi connectivity index (χ4n) is 4.64. The van der Waals surface area contributed by atoms with E-state index in [2.05, 4.69) is 20.5 Å². The zero-order valence-corrected chi connectivity index (χ0v) is 22.8. The van der Waals surface area contributed by atoms with E-state index in [0.29, 0.717) is 27.0 Å². The molecule has 0 bridgehead atoms. The van der Waals surface area contributed by atoms with Gasteiger partial charge in [0.25, 0.3) is 0 Å². The Bertz CT molecular complexity index is 2110. The van der Waals surface area contributed by atoms with Gasteiger partial charge in [-0.2, -0.15) is 13.2 Å². The molecular formula is C29H27F3N6O4S. The van der Waals surface area contributed by atoms with Crippen LogP contribution in [0.1, 0.15) is 29.6 Å². The smallest absolute Gasteiger partial charge is 0.401 e. The molecule has 2 fully saturated rings. The van der Waals surface area contributed by atoms with Gasteiger partial charge < -0.3 is 19.3 Å². The van der Waals surface area contributed by atoms with Crippen LogP contribution in [0.4, 0.5) is 29.5 Å². The number of thiazole rings is 1. The van der Waals surface area contributed by atoms with Gasteiger partial charge in [0.05, 0.1) is 34.5 Å². The number of alkyl halides is 3. The van der Waals surface area contributed by atoms with E-state index in [9.17, 15) is 18.0 Å². The van der Waals surface area contributed by atoms with Gasteiger partial charge in [0, 0.05) is 48.5 Å². The van der Waals surface area contributed by atoms with Gasteiger partial charge in [0.2, 0.25) is 0 Å². The minimum absolute atomic E-state index is 0.0964. The summed E-state index contributed by atoms with van der Waals surface area (Å²) in [4.78, 5) is 18.2. The molecular weight excluding hydrogens is 585 g/mol. The molecule has 1 saturated heterocycles. The first-order chi connectivity index (χ1) is 23.7. The number of amides is 2. The van der Waals surface area contributed by atoms with Crippen LogP contribution >= 0.6 is 11.3 Å². The van der Waals surface area contributed by atoms with Crippen LogP contribution in [0.3, 0.4) is 0 Å². The Balaban J connectivity index is 0.981. The van der Waals surface area contributed by atoms with Crippen LogP contribution in [0.15, 0.2) is 59.3 Å². The third-order valence-electron chi connectivity index (χ3n) is 7.07. The molecule has 10 nitrogen and oxygen atoms in total. The van der Waals surface area contributed by atoms with Gasteiger partial charge in [-0.25, -0.2) is 9.78 Å². The molecule has 2 N–H and O–H groups in total. The van der Waals surface area contributed by atoms with Crippen LogP contribution in [0.2, 0.25) is 0 Å². The number of halogens is 3. The number of imidazole rings is 1. The van der Waals surface area contributed by atoms with Crippen LogP contribution in [0.5, 0.6) is 5.75 Å². The van der Waals surface area contributed by atoms with E-state index < -0.39 is 50.3 Å². The molecule has 0 unspecified atom stereocenters. The number of morpholine rings is 1. The maximum atomic E-state index is 13.3. The summed E-state index contributed by atoms with van der Waals surface area (Å²) in [5.41, 5.74) is 0.545. The Labute approximate surface area is 258 Å². The number of aromatic nitrogens is 3. The standard InChI is InChI=1S/C29H27F3N6O4S/c30-29(31,32)28(7-8-28)24-16-25(36-42-24)35-26(39)33-19-3-1-18(2-4-19)21-17-38-22-6-5-20(15-23(22)43-27(38)34-21)41-14-11-37-9-12-40-13-10-37/h1-6,15-17H,7-14H2,(H2,33,35,36,39)/i9D2,10D2,12D2,13D2. The van der Waals surface area contributed by atoms with Gasteiger partial charge >= 0.3 is 12.2 Å². The molecule has 0 atom stereocenters. The molecule has 0 radical (unpaired) electrons. The Morgan fingerprint density at radius 1 is 1.12 bits per heavy atom. The van der Waals surface area contributed by atoms with Crippen molar-refractivity contribution in [1.29, 1.82) is 0 Å². The molecule has 1 aliphatic carbocycles. The maximum absolute atomic E-state index is 13.3. The van der Waals surface area contributed by atoms with Gasteiger partial charge in [-0.05, 0) is 43.2 Å². The summed E-state index contributed by atoms with van der Waals surface area (Å²) in [6.07, 6.45) is -2.84. The van der Waals surface area contributed by atoms with Crippen LogP contribution < -0.4 is 15.4 Å². The summed E-state index contributed by atoms with van der Waals surface area (Å²) in [7, 11) is 0. The molecule has 43 heavy (non-hydrogen) atoms. The average molecular weight is 621 g/mol. The van der Waals surface area contributed by atoms with Gasteiger partial charge in [-0.3, -0.25) is 14.6 Å². The predicted molar refractivity (Wildman–Crippen MR) is 155 cm³/mol. The zero-order chi connectivity index (χ0) is 36.8. The Morgan fingerprint density at radius 2 is 1.91 bits per heavy atom. The Kier molecular flexibility index (Phi) is 5.03. The van der Waals surface area contributed by atoms with Crippen LogP contribution in [-0.2, 0) is 10.2 Å². The highest BCUT2D eigenvalue weighted by atomic mass is 32.1. The second-order valence-corrected chi connectivity index (χ2v) is 10.9. The number of anilines is 2. The number of fused-ring (bicyclic) bond motifs is 3. The summed E-state index contributed by atoms with van der Waals surface area (Å²) in [5.74, 6) is -0.107. The normalized spacial score (nSPS) is 24.3. The summed E-state index contributed by atoms with van der Waals surface area (Å²) < 4.78 is 122. The number of rotatable bonds is 8. The van der Waals surface area contributed by atoms with Gasteiger partial charge in [-0.15, -0.1) is 0 Å². The lowest BCUT2D eigenvalue weighted by atomic mass is 10.0. The van der Waals surface area contributed by atoms with Crippen molar-refractivity contribution in [3.63, 3.8) is 0 Å². The molecule has 2 aromatic carbocycles. The second kappa shape index (κ2) is 10.8. The zero-order valence-electron chi connectivity index (χ0n) is 30.0. The number of benzene rings is 2. The monoisotopic (exact) mass is 620 g/mol. The SMILES string of the molecule is [2H]C1([2H])OC([2H])([2H])C([2H])([2H])N(CCOc2ccc3c(c2)sc2nc(-c4ccc(NC(=O)Nc5cc(C6(C(F)(F)F)CC6)on5)cc4)cn23)C1([2H])[2H]. The van der Waals surface area contributed by atoms with Crippen molar-refractivity contribution < 1.29 is 42.9 Å². The fourth-order valence-corrected chi connectivity index (χ4v) is 5.68. The second-order valence-electron chi connectivity index (χ2n) is 9.85. The molecule has 224 valence electrons. The van der Waals surface area contributed by atoms with Crippen molar-refractivity contribution in [3.8, 4) is 17.0 Å². The Hall–Kier alpha value is -4.14. The molecule has 1 saturated carbocycles. The van der Waals surface area contributed by atoms with Crippen molar-refractivity contribution in [1.82, 2.24) is 19.4 Å². The van der Waals surface area contributed by atoms with Crippen molar-refractivity contribution in [2.75, 3.05) is 49.9 Å². The van der Waals surface area contributed by atoms with Crippen molar-refractivity contribution in [2.24, 2.45) is 0 Å². The number of ether oxygens (including phenoxy) is 2. The molecule has 7 rings (SSSR count). The third kappa shape index (κ3) is 5.53. The minimum atomic E-state index is -4.47. The maximum Gasteiger partial charge on any atom is 0.401 e. The third-order valence-corrected chi connectivity index (χ3v) is 8.08. The molecule has 1 aliphatic heterocycles.